The average Bonchev–Trinajstić information content (AvgIpc) is 2.77. The number of hydrogen-bond acceptors (Lipinski definition) is 3. The molecular weight excluding hydrogens is 304 g/mol. The molecule has 0 saturated heterocycles. The van der Waals surface area contributed by atoms with Gasteiger partial charge in [-0.15, -0.1) is 11.3 Å². The van der Waals surface area contributed by atoms with Gasteiger partial charge in [-0.25, -0.2) is 0 Å². The van der Waals surface area contributed by atoms with Crippen molar-refractivity contribution < 1.29 is 9.53 Å². The normalized spacial score (nSPS) is 14.4. The van der Waals surface area contributed by atoms with Gasteiger partial charge in [0.15, 0.2) is 0 Å². The lowest BCUT2D eigenvalue weighted by atomic mass is 10.1. The number of benzene rings is 1. The summed E-state index contributed by atoms with van der Waals surface area (Å²) in [6, 6.07) is 7.27. The molecule has 4 heteroatoms. The number of ketones is 1. The van der Waals surface area contributed by atoms with Gasteiger partial charge in [-0.2, -0.15) is 0 Å². The van der Waals surface area contributed by atoms with Crippen molar-refractivity contribution in [3.8, 4) is 5.75 Å². The van der Waals surface area contributed by atoms with Crippen molar-refractivity contribution in [3.63, 3.8) is 0 Å². The SMILES string of the molecule is COc1ccc(C(=O)c2cc3c(s2)CCCCC3)c(Cl)c1. The third-order valence-corrected chi connectivity index (χ3v) is 5.44. The first-order chi connectivity index (χ1) is 10.2. The van der Waals surface area contributed by atoms with E-state index in [0.29, 0.717) is 16.3 Å². The van der Waals surface area contributed by atoms with Crippen molar-refractivity contribution in [2.45, 2.75) is 32.1 Å². The van der Waals surface area contributed by atoms with Crippen LogP contribution in [0.3, 0.4) is 0 Å². The van der Waals surface area contributed by atoms with E-state index >= 15 is 0 Å². The summed E-state index contributed by atoms with van der Waals surface area (Å²) in [5, 5.41) is 0.447. The molecule has 21 heavy (non-hydrogen) atoms. The highest BCUT2D eigenvalue weighted by Gasteiger charge is 2.19. The van der Waals surface area contributed by atoms with E-state index in [2.05, 4.69) is 6.07 Å². The van der Waals surface area contributed by atoms with E-state index in [-0.39, 0.29) is 5.78 Å². The van der Waals surface area contributed by atoms with Crippen LogP contribution >= 0.6 is 22.9 Å². The number of halogens is 1. The highest BCUT2D eigenvalue weighted by molar-refractivity contribution is 7.14. The van der Waals surface area contributed by atoms with Crippen molar-refractivity contribution in [2.24, 2.45) is 0 Å². The Morgan fingerprint density at radius 3 is 2.76 bits per heavy atom. The molecule has 0 radical (unpaired) electrons. The van der Waals surface area contributed by atoms with Crippen molar-refractivity contribution in [3.05, 3.63) is 50.2 Å². The fourth-order valence-corrected chi connectivity index (χ4v) is 4.18. The van der Waals surface area contributed by atoms with Crippen LogP contribution in [0.2, 0.25) is 5.02 Å². The molecule has 0 spiro atoms. The van der Waals surface area contributed by atoms with Gasteiger partial charge in [0.05, 0.1) is 17.0 Å². The molecule has 1 aliphatic carbocycles. The summed E-state index contributed by atoms with van der Waals surface area (Å²) in [5.41, 5.74) is 1.90. The zero-order valence-electron chi connectivity index (χ0n) is 11.9. The van der Waals surface area contributed by atoms with Crippen molar-refractivity contribution in [2.75, 3.05) is 7.11 Å². The fourth-order valence-electron chi connectivity index (χ4n) is 2.72. The number of ether oxygens (including phenoxy) is 1. The zero-order chi connectivity index (χ0) is 14.8. The molecule has 1 aromatic carbocycles. The van der Waals surface area contributed by atoms with Gasteiger partial charge in [0.1, 0.15) is 5.75 Å². The molecule has 0 amide bonds. The van der Waals surface area contributed by atoms with E-state index in [1.54, 1.807) is 36.6 Å². The van der Waals surface area contributed by atoms with Gasteiger partial charge >= 0.3 is 0 Å². The number of carbonyl (C=O) groups excluding carboxylic acids is 1. The first-order valence-electron chi connectivity index (χ1n) is 7.19. The molecule has 0 N–H and O–H groups in total. The molecule has 110 valence electrons. The highest BCUT2D eigenvalue weighted by Crippen LogP contribution is 2.32. The quantitative estimate of drug-likeness (QED) is 0.593. The Morgan fingerprint density at radius 2 is 2.00 bits per heavy atom. The Kier molecular flexibility index (Phi) is 4.32. The van der Waals surface area contributed by atoms with Crippen molar-refractivity contribution in [1.29, 1.82) is 0 Å². The molecule has 3 rings (SSSR count). The molecule has 1 aliphatic rings. The molecule has 1 heterocycles. The summed E-state index contributed by atoms with van der Waals surface area (Å²) in [7, 11) is 1.59. The predicted octanol–water partition coefficient (Wildman–Crippen LogP) is 4.91. The lowest BCUT2D eigenvalue weighted by molar-refractivity contribution is 0.104. The lowest BCUT2D eigenvalue weighted by Gasteiger charge is -2.04. The topological polar surface area (TPSA) is 26.3 Å². The van der Waals surface area contributed by atoms with Crippen LogP contribution in [0.25, 0.3) is 0 Å². The number of aryl methyl sites for hydroxylation is 2. The molecule has 0 atom stereocenters. The van der Waals surface area contributed by atoms with Crippen molar-refractivity contribution in [1.82, 2.24) is 0 Å². The molecule has 0 saturated carbocycles. The Bertz CT molecular complexity index is 652. The second-order valence-corrected chi connectivity index (χ2v) is 6.84. The second kappa shape index (κ2) is 6.20. The van der Waals surface area contributed by atoms with E-state index in [0.717, 1.165) is 17.7 Å². The summed E-state index contributed by atoms with van der Waals surface area (Å²) in [5.74, 6) is 0.680. The van der Waals surface area contributed by atoms with Crippen LogP contribution in [0.15, 0.2) is 24.3 Å². The van der Waals surface area contributed by atoms with E-state index in [4.69, 9.17) is 16.3 Å². The van der Waals surface area contributed by atoms with E-state index in [9.17, 15) is 4.79 Å². The summed E-state index contributed by atoms with van der Waals surface area (Å²) >= 11 is 7.84. The number of fused-ring (bicyclic) bond motifs is 1. The maximum atomic E-state index is 12.7. The van der Waals surface area contributed by atoms with Gasteiger partial charge in [0.25, 0.3) is 0 Å². The highest BCUT2D eigenvalue weighted by atomic mass is 35.5. The Hall–Kier alpha value is -1.32. The lowest BCUT2D eigenvalue weighted by Crippen LogP contribution is -2.00. The monoisotopic (exact) mass is 320 g/mol. The molecule has 0 bridgehead atoms. The van der Waals surface area contributed by atoms with Crippen LogP contribution in [-0.2, 0) is 12.8 Å². The summed E-state index contributed by atoms with van der Waals surface area (Å²) in [6.07, 6.45) is 5.93. The maximum Gasteiger partial charge on any atom is 0.204 e. The first-order valence-corrected chi connectivity index (χ1v) is 8.38. The number of methoxy groups -OCH3 is 1. The minimum atomic E-state index is 0.0146. The van der Waals surface area contributed by atoms with Crippen LogP contribution in [0, 0.1) is 0 Å². The molecule has 0 fully saturated rings. The molecular formula is C17H17ClO2S. The van der Waals surface area contributed by atoms with Crippen LogP contribution in [0.5, 0.6) is 5.75 Å². The summed E-state index contributed by atoms with van der Waals surface area (Å²) < 4.78 is 5.12. The van der Waals surface area contributed by atoms with Gasteiger partial charge in [-0.3, -0.25) is 4.79 Å². The van der Waals surface area contributed by atoms with Gasteiger partial charge in [-0.1, -0.05) is 18.0 Å². The number of hydrogen-bond donors (Lipinski definition) is 0. The minimum Gasteiger partial charge on any atom is -0.497 e. The number of rotatable bonds is 3. The smallest absolute Gasteiger partial charge is 0.204 e. The van der Waals surface area contributed by atoms with Crippen LogP contribution in [0.1, 0.15) is 44.9 Å². The average molecular weight is 321 g/mol. The molecule has 1 aromatic heterocycles. The van der Waals surface area contributed by atoms with Crippen LogP contribution in [-0.4, -0.2) is 12.9 Å². The van der Waals surface area contributed by atoms with E-state index in [1.165, 1.54) is 29.7 Å². The zero-order valence-corrected chi connectivity index (χ0v) is 13.5. The van der Waals surface area contributed by atoms with Crippen molar-refractivity contribution >= 4 is 28.7 Å². The third-order valence-electron chi connectivity index (χ3n) is 3.89. The predicted molar refractivity (Wildman–Crippen MR) is 87.0 cm³/mol. The first kappa shape index (κ1) is 14.6. The summed E-state index contributed by atoms with van der Waals surface area (Å²) in [6.45, 7) is 0. The number of carbonyl (C=O) groups is 1. The van der Waals surface area contributed by atoms with Gasteiger partial charge in [0, 0.05) is 10.4 Å². The van der Waals surface area contributed by atoms with E-state index < -0.39 is 0 Å². The minimum absolute atomic E-state index is 0.0146. The van der Waals surface area contributed by atoms with Gasteiger partial charge in [0.2, 0.25) is 5.78 Å². The third kappa shape index (κ3) is 2.99. The van der Waals surface area contributed by atoms with Crippen LogP contribution < -0.4 is 4.74 Å². The molecule has 2 nitrogen and oxygen atoms in total. The van der Waals surface area contributed by atoms with Gasteiger partial charge < -0.3 is 4.74 Å². The Balaban J connectivity index is 1.92. The fraction of sp³-hybridized carbons (Fsp3) is 0.353. The Labute approximate surface area is 133 Å². The molecule has 0 unspecified atom stereocenters. The largest absolute Gasteiger partial charge is 0.497 e. The Morgan fingerprint density at radius 1 is 1.19 bits per heavy atom. The molecule has 0 aliphatic heterocycles. The van der Waals surface area contributed by atoms with Crippen LogP contribution in [0.4, 0.5) is 0 Å². The van der Waals surface area contributed by atoms with Gasteiger partial charge in [-0.05, 0) is 55.5 Å². The summed E-state index contributed by atoms with van der Waals surface area (Å²) in [4.78, 5) is 14.8. The molecule has 2 aromatic rings. The maximum absolute atomic E-state index is 12.7. The second-order valence-electron chi connectivity index (χ2n) is 5.29. The number of thiophene rings is 1. The standard InChI is InChI=1S/C17H17ClO2S/c1-20-12-7-8-13(14(18)10-12)17(19)16-9-11-5-3-2-4-6-15(11)21-16/h7-10H,2-6H2,1H3. The van der Waals surface area contributed by atoms with E-state index in [1.807, 2.05) is 0 Å².